The quantitative estimate of drug-likeness (QED) is 0.293. The van der Waals surface area contributed by atoms with Crippen LogP contribution in [-0.2, 0) is 0 Å². The fraction of sp³-hybridized carbons (Fsp3) is 0.133. The molecule has 4 aromatic carbocycles. The van der Waals surface area contributed by atoms with Crippen molar-refractivity contribution in [3.8, 4) is 22.3 Å². The molecule has 0 saturated carbocycles. The molecule has 0 aliphatic carbocycles. The average molecular weight is 477 g/mol. The molecule has 0 unspecified atom stereocenters. The third kappa shape index (κ3) is 3.13. The van der Waals surface area contributed by atoms with Crippen molar-refractivity contribution in [3.05, 3.63) is 108 Å². The van der Waals surface area contributed by atoms with Crippen LogP contribution in [0.3, 0.4) is 0 Å². The standard InChI is InChI=1S/C30H24N2S2/c1-3-10-22(11-4-1)26-16-7-14-24-20-31-18-9-19-32-21-25-15-8-17-27(23-12-5-2-6-13-23)29(25)34-30(31,32)33-28(24)26/h1-8,10-17,20-21H,9,18-19H2/q+2. The van der Waals surface area contributed by atoms with Crippen LogP contribution in [0.25, 0.3) is 22.3 Å². The normalized spacial score (nSPS) is 17.4. The van der Waals surface area contributed by atoms with Crippen LogP contribution in [0.5, 0.6) is 0 Å². The van der Waals surface area contributed by atoms with Gasteiger partial charge in [-0.2, -0.15) is 9.15 Å². The third-order valence-electron chi connectivity index (χ3n) is 6.84. The molecule has 0 radical (unpaired) electrons. The van der Waals surface area contributed by atoms with Gasteiger partial charge < -0.3 is 0 Å². The van der Waals surface area contributed by atoms with Crippen molar-refractivity contribution in [1.29, 1.82) is 0 Å². The Morgan fingerprint density at radius 2 is 1.00 bits per heavy atom. The minimum atomic E-state index is -0.214. The number of fused-ring (bicyclic) bond motifs is 2. The maximum absolute atomic E-state index is 2.57. The predicted octanol–water partition coefficient (Wildman–Crippen LogP) is 6.81. The maximum Gasteiger partial charge on any atom is 0.460 e. The monoisotopic (exact) mass is 476 g/mol. The van der Waals surface area contributed by atoms with Crippen molar-refractivity contribution in [2.24, 2.45) is 0 Å². The van der Waals surface area contributed by atoms with Crippen molar-refractivity contribution in [2.45, 2.75) is 20.5 Å². The van der Waals surface area contributed by atoms with Crippen molar-refractivity contribution in [1.82, 2.24) is 0 Å². The van der Waals surface area contributed by atoms with Gasteiger partial charge in [0.2, 0.25) is 0 Å². The molecular weight excluding hydrogens is 452 g/mol. The number of nitrogens with zero attached hydrogens (tertiary/aromatic N) is 2. The number of thioether (sulfide) groups is 2. The lowest BCUT2D eigenvalue weighted by Crippen LogP contribution is -2.55. The first kappa shape index (κ1) is 20.3. The summed E-state index contributed by atoms with van der Waals surface area (Å²) in [6.07, 6.45) is 5.97. The molecule has 3 aliphatic heterocycles. The Labute approximate surface area is 208 Å². The van der Waals surface area contributed by atoms with Crippen molar-refractivity contribution < 1.29 is 9.15 Å². The molecule has 4 heteroatoms. The van der Waals surface area contributed by atoms with E-state index in [1.807, 2.05) is 23.5 Å². The van der Waals surface area contributed by atoms with E-state index in [0.29, 0.717) is 0 Å². The highest BCUT2D eigenvalue weighted by molar-refractivity contribution is 8.17. The van der Waals surface area contributed by atoms with Gasteiger partial charge in [0.25, 0.3) is 0 Å². The molecule has 4 aromatic rings. The van der Waals surface area contributed by atoms with Crippen LogP contribution in [0.1, 0.15) is 17.5 Å². The molecule has 164 valence electrons. The van der Waals surface area contributed by atoms with Gasteiger partial charge in [-0.05, 0) is 34.4 Å². The zero-order valence-electron chi connectivity index (χ0n) is 18.7. The van der Waals surface area contributed by atoms with E-state index in [-0.39, 0.29) is 4.33 Å². The lowest BCUT2D eigenvalue weighted by atomic mass is 10.0. The Hall–Kier alpha value is -3.08. The summed E-state index contributed by atoms with van der Waals surface area (Å²) in [6.45, 7) is 2.14. The van der Waals surface area contributed by atoms with Crippen LogP contribution in [0.2, 0.25) is 0 Å². The molecule has 3 aliphatic rings. The van der Waals surface area contributed by atoms with E-state index in [1.54, 1.807) is 0 Å². The van der Waals surface area contributed by atoms with Gasteiger partial charge >= 0.3 is 4.33 Å². The zero-order chi connectivity index (χ0) is 22.5. The summed E-state index contributed by atoms with van der Waals surface area (Å²) in [4.78, 5) is 2.75. The van der Waals surface area contributed by atoms with E-state index < -0.39 is 0 Å². The molecule has 1 spiro atoms. The van der Waals surface area contributed by atoms with E-state index in [0.717, 1.165) is 19.5 Å². The van der Waals surface area contributed by atoms with E-state index in [1.165, 1.54) is 43.2 Å². The number of hydrogen-bond acceptors (Lipinski definition) is 2. The van der Waals surface area contributed by atoms with Crippen LogP contribution in [-0.4, -0.2) is 39.0 Å². The lowest BCUT2D eigenvalue weighted by Gasteiger charge is -2.35. The van der Waals surface area contributed by atoms with Gasteiger partial charge in [-0.25, -0.2) is 0 Å². The molecule has 0 amide bonds. The second kappa shape index (κ2) is 8.00. The third-order valence-corrected chi connectivity index (χ3v) is 10.1. The molecule has 1 fully saturated rings. The van der Waals surface area contributed by atoms with E-state index in [9.17, 15) is 0 Å². The highest BCUT2D eigenvalue weighted by Gasteiger charge is 2.61. The second-order valence-electron chi connectivity index (χ2n) is 8.93. The minimum Gasteiger partial charge on any atom is -0.152 e. The maximum atomic E-state index is 2.57. The van der Waals surface area contributed by atoms with Crippen LogP contribution in [0.15, 0.2) is 107 Å². The summed E-state index contributed by atoms with van der Waals surface area (Å²) in [5.41, 5.74) is 7.84. The van der Waals surface area contributed by atoms with Crippen molar-refractivity contribution in [3.63, 3.8) is 0 Å². The zero-order valence-corrected chi connectivity index (χ0v) is 20.4. The molecule has 0 atom stereocenters. The van der Waals surface area contributed by atoms with Gasteiger partial charge in [0.05, 0.1) is 17.5 Å². The highest BCUT2D eigenvalue weighted by atomic mass is 32.2. The summed E-state index contributed by atoms with van der Waals surface area (Å²) in [5, 5.41) is 0. The smallest absolute Gasteiger partial charge is 0.152 e. The van der Waals surface area contributed by atoms with Crippen LogP contribution < -0.4 is 0 Å². The topological polar surface area (TPSA) is 6.02 Å². The van der Waals surface area contributed by atoms with E-state index >= 15 is 0 Å². The summed E-state index contributed by atoms with van der Waals surface area (Å²) in [7, 11) is 0. The number of rotatable bonds is 2. The fourth-order valence-corrected chi connectivity index (χ4v) is 8.55. The molecule has 7 rings (SSSR count). The fourth-order valence-electron chi connectivity index (χ4n) is 5.24. The van der Waals surface area contributed by atoms with Gasteiger partial charge in [0, 0.05) is 33.3 Å². The molecule has 3 heterocycles. The van der Waals surface area contributed by atoms with Crippen LogP contribution in [0, 0.1) is 0 Å². The van der Waals surface area contributed by atoms with Gasteiger partial charge in [0.15, 0.2) is 25.5 Å². The Kier molecular flexibility index (Phi) is 4.78. The van der Waals surface area contributed by atoms with Gasteiger partial charge in [0.1, 0.15) is 0 Å². The minimum absolute atomic E-state index is 0.214. The van der Waals surface area contributed by atoms with Gasteiger partial charge in [-0.3, -0.25) is 0 Å². The highest BCUT2D eigenvalue weighted by Crippen LogP contribution is 2.56. The van der Waals surface area contributed by atoms with E-state index in [2.05, 4.69) is 119 Å². The average Bonchev–Trinajstić information content (AvgIpc) is 2.90. The lowest BCUT2D eigenvalue weighted by molar-refractivity contribution is -0.784. The molecular formula is C30H24N2S2+2. The summed E-state index contributed by atoms with van der Waals surface area (Å²) < 4.78 is 4.93. The summed E-state index contributed by atoms with van der Waals surface area (Å²) in [5.74, 6) is 0. The Balaban J connectivity index is 1.42. The first-order chi connectivity index (χ1) is 16.8. The second-order valence-corrected chi connectivity index (χ2v) is 11.6. The van der Waals surface area contributed by atoms with Gasteiger partial charge in [-0.1, -0.05) is 84.9 Å². The summed E-state index contributed by atoms with van der Waals surface area (Å²) in [6, 6.07) is 35.1. The molecule has 0 bridgehead atoms. The van der Waals surface area contributed by atoms with Crippen LogP contribution in [0.4, 0.5) is 0 Å². The first-order valence-electron chi connectivity index (χ1n) is 11.8. The Bertz CT molecular complexity index is 1360. The first-order valence-corrected chi connectivity index (χ1v) is 13.4. The molecule has 34 heavy (non-hydrogen) atoms. The van der Waals surface area contributed by atoms with E-state index in [4.69, 9.17) is 0 Å². The largest absolute Gasteiger partial charge is 0.460 e. The van der Waals surface area contributed by atoms with Crippen molar-refractivity contribution in [2.75, 3.05) is 13.1 Å². The molecule has 1 saturated heterocycles. The summed E-state index contributed by atoms with van der Waals surface area (Å²) >= 11 is 4.03. The SMILES string of the molecule is C1=[N+]2CCC[N+]3=Cc4cccc(-c5ccccc5)c4SC23Sc2c1cccc2-c1ccccc1. The Morgan fingerprint density at radius 3 is 1.47 bits per heavy atom. The van der Waals surface area contributed by atoms with Crippen LogP contribution >= 0.6 is 23.5 Å². The number of hydrogen-bond donors (Lipinski definition) is 0. The predicted molar refractivity (Wildman–Crippen MR) is 143 cm³/mol. The Morgan fingerprint density at radius 1 is 0.529 bits per heavy atom. The van der Waals surface area contributed by atoms with Crippen molar-refractivity contribution >= 4 is 36.0 Å². The molecule has 2 nitrogen and oxygen atoms in total. The number of benzene rings is 4. The molecule has 0 N–H and O–H groups in total. The molecule has 0 aromatic heterocycles. The van der Waals surface area contributed by atoms with Gasteiger partial charge in [-0.15, -0.1) is 0 Å².